The van der Waals surface area contributed by atoms with E-state index in [1.807, 2.05) is 25.1 Å². The van der Waals surface area contributed by atoms with Gasteiger partial charge < -0.3 is 4.74 Å². The van der Waals surface area contributed by atoms with Crippen molar-refractivity contribution in [1.82, 2.24) is 0 Å². The topological polar surface area (TPSA) is 26.3 Å². The zero-order valence-electron chi connectivity index (χ0n) is 8.69. The highest BCUT2D eigenvalue weighted by molar-refractivity contribution is 5.74. The van der Waals surface area contributed by atoms with Crippen LogP contribution in [0.4, 0.5) is 0 Å². The number of carbonyl (C=O) groups is 1. The van der Waals surface area contributed by atoms with E-state index in [9.17, 15) is 4.79 Å². The number of rotatable bonds is 4. The number of hydrogen-bond acceptors (Lipinski definition) is 2. The van der Waals surface area contributed by atoms with Gasteiger partial charge in [0.1, 0.15) is 5.75 Å². The molecule has 0 amide bonds. The second-order valence-electron chi connectivity index (χ2n) is 3.42. The molecule has 0 fully saturated rings. The molecule has 2 heteroatoms. The molecule has 0 saturated heterocycles. The number of benzene rings is 1. The van der Waals surface area contributed by atoms with Crippen LogP contribution in [0, 0.1) is 5.92 Å². The minimum absolute atomic E-state index is 0.0137. The smallest absolute Gasteiger partial charge is 0.314 e. The molecule has 0 aromatic heterocycles. The van der Waals surface area contributed by atoms with Gasteiger partial charge in [-0.2, -0.15) is 0 Å². The quantitative estimate of drug-likeness (QED) is 0.541. The Morgan fingerprint density at radius 3 is 2.57 bits per heavy atom. The minimum Gasteiger partial charge on any atom is -0.426 e. The third kappa shape index (κ3) is 3.21. The summed E-state index contributed by atoms with van der Waals surface area (Å²) in [6.07, 6.45) is 1.89. The van der Waals surface area contributed by atoms with Gasteiger partial charge in [0.25, 0.3) is 0 Å². The molecule has 76 valence electrons. The molecule has 0 saturated carbocycles. The molecule has 1 unspecified atom stereocenters. The van der Waals surface area contributed by atoms with Gasteiger partial charge in [0.05, 0.1) is 5.92 Å². The number of ether oxygens (including phenoxy) is 1. The molecule has 14 heavy (non-hydrogen) atoms. The number of esters is 1. The first kappa shape index (κ1) is 10.8. The van der Waals surface area contributed by atoms with Gasteiger partial charge in [0, 0.05) is 0 Å². The Morgan fingerprint density at radius 1 is 1.36 bits per heavy atom. The van der Waals surface area contributed by atoms with Gasteiger partial charge in [-0.05, 0) is 18.6 Å². The van der Waals surface area contributed by atoms with Gasteiger partial charge in [-0.1, -0.05) is 38.5 Å². The summed E-state index contributed by atoms with van der Waals surface area (Å²) in [7, 11) is 0. The van der Waals surface area contributed by atoms with Gasteiger partial charge in [0.2, 0.25) is 0 Å². The molecule has 0 aliphatic rings. The van der Waals surface area contributed by atoms with Gasteiger partial charge >= 0.3 is 5.97 Å². The molecule has 0 radical (unpaired) electrons. The second-order valence-corrected chi connectivity index (χ2v) is 3.42. The zero-order valence-corrected chi connectivity index (χ0v) is 8.69. The van der Waals surface area contributed by atoms with Crippen molar-refractivity contribution in [1.29, 1.82) is 0 Å². The van der Waals surface area contributed by atoms with Gasteiger partial charge in [-0.25, -0.2) is 0 Å². The van der Waals surface area contributed by atoms with Crippen molar-refractivity contribution >= 4 is 5.97 Å². The van der Waals surface area contributed by atoms with Gasteiger partial charge in [0.15, 0.2) is 0 Å². The van der Waals surface area contributed by atoms with E-state index in [1.165, 1.54) is 0 Å². The minimum atomic E-state index is -0.141. The maximum atomic E-state index is 11.5. The Balaban J connectivity index is 2.49. The summed E-state index contributed by atoms with van der Waals surface area (Å²) in [4.78, 5) is 11.5. The van der Waals surface area contributed by atoms with Crippen molar-refractivity contribution in [2.24, 2.45) is 5.92 Å². The van der Waals surface area contributed by atoms with Crippen molar-refractivity contribution in [3.05, 3.63) is 30.3 Å². The SMILES string of the molecule is CCCC(C)C(=O)Oc1ccccc1. The van der Waals surface area contributed by atoms with Crippen LogP contribution in [0.2, 0.25) is 0 Å². The normalized spacial score (nSPS) is 12.1. The largest absolute Gasteiger partial charge is 0.426 e. The van der Waals surface area contributed by atoms with E-state index in [1.54, 1.807) is 12.1 Å². The van der Waals surface area contributed by atoms with Crippen molar-refractivity contribution in [3.8, 4) is 5.75 Å². The van der Waals surface area contributed by atoms with E-state index in [4.69, 9.17) is 4.74 Å². The molecule has 0 N–H and O–H groups in total. The number of hydrogen-bond donors (Lipinski definition) is 0. The standard InChI is InChI=1S/C12H16O2/c1-3-7-10(2)12(13)14-11-8-5-4-6-9-11/h4-6,8-10H,3,7H2,1-2H3. The molecule has 1 rings (SSSR count). The summed E-state index contributed by atoms with van der Waals surface area (Å²) in [6.45, 7) is 3.96. The molecule has 0 heterocycles. The van der Waals surface area contributed by atoms with E-state index < -0.39 is 0 Å². The fourth-order valence-corrected chi connectivity index (χ4v) is 1.26. The Hall–Kier alpha value is -1.31. The third-order valence-corrected chi connectivity index (χ3v) is 2.09. The Morgan fingerprint density at radius 2 is 2.00 bits per heavy atom. The van der Waals surface area contributed by atoms with Crippen LogP contribution in [0.15, 0.2) is 30.3 Å². The van der Waals surface area contributed by atoms with E-state index >= 15 is 0 Å². The summed E-state index contributed by atoms with van der Waals surface area (Å²) in [5.41, 5.74) is 0. The lowest BCUT2D eigenvalue weighted by atomic mass is 10.1. The number of carbonyl (C=O) groups excluding carboxylic acids is 1. The Bertz CT molecular complexity index is 280. The highest BCUT2D eigenvalue weighted by Gasteiger charge is 2.13. The van der Waals surface area contributed by atoms with E-state index in [2.05, 4.69) is 6.92 Å². The zero-order chi connectivity index (χ0) is 10.4. The molecular formula is C12H16O2. The van der Waals surface area contributed by atoms with E-state index in [0.717, 1.165) is 12.8 Å². The molecule has 0 bridgehead atoms. The third-order valence-electron chi connectivity index (χ3n) is 2.09. The summed E-state index contributed by atoms with van der Waals surface area (Å²) < 4.78 is 5.19. The molecule has 1 atom stereocenters. The maximum Gasteiger partial charge on any atom is 0.314 e. The number of para-hydroxylation sites is 1. The predicted molar refractivity (Wildman–Crippen MR) is 56.1 cm³/mol. The van der Waals surface area contributed by atoms with E-state index in [-0.39, 0.29) is 11.9 Å². The van der Waals surface area contributed by atoms with Crippen LogP contribution < -0.4 is 4.74 Å². The van der Waals surface area contributed by atoms with Gasteiger partial charge in [-0.3, -0.25) is 4.79 Å². The van der Waals surface area contributed by atoms with Crippen LogP contribution in [0.1, 0.15) is 26.7 Å². The first-order chi connectivity index (χ1) is 6.74. The lowest BCUT2D eigenvalue weighted by Crippen LogP contribution is -2.17. The average molecular weight is 192 g/mol. The lowest BCUT2D eigenvalue weighted by molar-refractivity contribution is -0.138. The molecular weight excluding hydrogens is 176 g/mol. The van der Waals surface area contributed by atoms with Crippen molar-refractivity contribution in [3.63, 3.8) is 0 Å². The predicted octanol–water partition coefficient (Wildman–Crippen LogP) is 3.03. The average Bonchev–Trinajstić information content (AvgIpc) is 2.19. The monoisotopic (exact) mass is 192 g/mol. The van der Waals surface area contributed by atoms with Crippen LogP contribution in [-0.4, -0.2) is 5.97 Å². The molecule has 2 nitrogen and oxygen atoms in total. The van der Waals surface area contributed by atoms with Crippen LogP contribution in [0.5, 0.6) is 5.75 Å². The second kappa shape index (κ2) is 5.43. The van der Waals surface area contributed by atoms with Crippen LogP contribution in [0.25, 0.3) is 0 Å². The maximum absolute atomic E-state index is 11.5. The summed E-state index contributed by atoms with van der Waals surface area (Å²) in [5.74, 6) is 0.471. The summed E-state index contributed by atoms with van der Waals surface area (Å²) in [5, 5.41) is 0. The van der Waals surface area contributed by atoms with Crippen LogP contribution >= 0.6 is 0 Å². The Labute approximate surface area is 84.9 Å². The first-order valence-electron chi connectivity index (χ1n) is 5.00. The van der Waals surface area contributed by atoms with Crippen LogP contribution in [0.3, 0.4) is 0 Å². The van der Waals surface area contributed by atoms with Crippen LogP contribution in [-0.2, 0) is 4.79 Å². The van der Waals surface area contributed by atoms with Crippen molar-refractivity contribution < 1.29 is 9.53 Å². The van der Waals surface area contributed by atoms with Crippen molar-refractivity contribution in [2.45, 2.75) is 26.7 Å². The lowest BCUT2D eigenvalue weighted by Gasteiger charge is -2.09. The van der Waals surface area contributed by atoms with Gasteiger partial charge in [-0.15, -0.1) is 0 Å². The Kier molecular flexibility index (Phi) is 4.17. The highest BCUT2D eigenvalue weighted by Crippen LogP contribution is 2.13. The van der Waals surface area contributed by atoms with E-state index in [0.29, 0.717) is 5.75 Å². The molecule has 1 aromatic rings. The van der Waals surface area contributed by atoms with Crippen molar-refractivity contribution in [2.75, 3.05) is 0 Å². The molecule has 0 spiro atoms. The molecule has 1 aromatic carbocycles. The molecule has 0 aliphatic carbocycles. The first-order valence-corrected chi connectivity index (χ1v) is 5.00. The molecule has 0 aliphatic heterocycles. The fourth-order valence-electron chi connectivity index (χ4n) is 1.26. The summed E-state index contributed by atoms with van der Waals surface area (Å²) >= 11 is 0. The summed E-state index contributed by atoms with van der Waals surface area (Å²) in [6, 6.07) is 9.18. The highest BCUT2D eigenvalue weighted by atomic mass is 16.5. The fraction of sp³-hybridized carbons (Fsp3) is 0.417.